The second kappa shape index (κ2) is 7.66. The molecule has 0 spiro atoms. The van der Waals surface area contributed by atoms with Gasteiger partial charge in [-0.2, -0.15) is 0 Å². The molecule has 1 rings (SSSR count). The van der Waals surface area contributed by atoms with Gasteiger partial charge in [0, 0.05) is 12.6 Å². The third kappa shape index (κ3) is 4.85. The van der Waals surface area contributed by atoms with E-state index in [0.29, 0.717) is 0 Å². The van der Waals surface area contributed by atoms with Crippen molar-refractivity contribution in [1.82, 2.24) is 5.32 Å². The molecule has 1 aromatic rings. The van der Waals surface area contributed by atoms with Crippen molar-refractivity contribution in [2.75, 3.05) is 7.05 Å². The van der Waals surface area contributed by atoms with Crippen molar-refractivity contribution in [2.24, 2.45) is 0 Å². The summed E-state index contributed by atoms with van der Waals surface area (Å²) in [4.78, 5) is 11.7. The van der Waals surface area contributed by atoms with Gasteiger partial charge in [0.2, 0.25) is 5.91 Å². The second-order valence-corrected chi connectivity index (χ2v) is 4.12. The number of nitrogens with one attached hydrogen (secondary N) is 1. The summed E-state index contributed by atoms with van der Waals surface area (Å²) in [6, 6.07) is 9.98. The van der Waals surface area contributed by atoms with E-state index in [0.717, 1.165) is 24.0 Å². The molecule has 1 amide bonds. The predicted octanol–water partition coefficient (Wildman–Crippen LogP) is 3.40. The number of unbranched alkanes of at least 4 members (excludes halogenated alkanes) is 2. The smallest absolute Gasteiger partial charge is 0.246 e. The summed E-state index contributed by atoms with van der Waals surface area (Å²) in [5, 5.41) is 2.71. The highest BCUT2D eigenvalue weighted by Crippen LogP contribution is 2.13. The summed E-state index contributed by atoms with van der Waals surface area (Å²) in [5.41, 5.74) is 1.95. The quantitative estimate of drug-likeness (QED) is 0.590. The van der Waals surface area contributed by atoms with Gasteiger partial charge in [-0.05, 0) is 24.5 Å². The lowest BCUT2D eigenvalue weighted by molar-refractivity contribution is -0.117. The van der Waals surface area contributed by atoms with E-state index in [9.17, 15) is 4.79 Å². The lowest BCUT2D eigenvalue weighted by Crippen LogP contribution is -2.20. The van der Waals surface area contributed by atoms with Crippen molar-refractivity contribution in [3.8, 4) is 0 Å². The number of rotatable bonds is 6. The Morgan fingerprint density at radius 1 is 1.24 bits per heavy atom. The first-order chi connectivity index (χ1) is 8.27. The predicted molar refractivity (Wildman–Crippen MR) is 72.6 cm³/mol. The minimum Gasteiger partial charge on any atom is -0.355 e. The van der Waals surface area contributed by atoms with E-state index in [2.05, 4.69) is 12.2 Å². The van der Waals surface area contributed by atoms with Crippen LogP contribution in [-0.4, -0.2) is 13.0 Å². The summed E-state index contributed by atoms with van der Waals surface area (Å²) >= 11 is 0. The third-order valence-corrected chi connectivity index (χ3v) is 2.71. The third-order valence-electron chi connectivity index (χ3n) is 2.71. The number of carbonyl (C=O) groups excluding carboxylic acids is 1. The summed E-state index contributed by atoms with van der Waals surface area (Å²) in [7, 11) is 1.68. The van der Waals surface area contributed by atoms with Gasteiger partial charge < -0.3 is 5.32 Å². The van der Waals surface area contributed by atoms with Gasteiger partial charge in [0.05, 0.1) is 0 Å². The van der Waals surface area contributed by atoms with E-state index in [-0.39, 0.29) is 5.91 Å². The Morgan fingerprint density at radius 2 is 1.94 bits per heavy atom. The number of amides is 1. The zero-order valence-corrected chi connectivity index (χ0v) is 10.7. The molecule has 92 valence electrons. The number of hydrogen-bond acceptors (Lipinski definition) is 1. The molecule has 1 N–H and O–H groups in total. The minimum absolute atomic E-state index is 0.0324. The van der Waals surface area contributed by atoms with Gasteiger partial charge in [-0.3, -0.25) is 4.79 Å². The van der Waals surface area contributed by atoms with Crippen LogP contribution in [0.25, 0.3) is 6.08 Å². The summed E-state index contributed by atoms with van der Waals surface area (Å²) in [6.07, 6.45) is 6.25. The molecule has 0 aliphatic rings. The first-order valence-corrected chi connectivity index (χ1v) is 6.25. The first kappa shape index (κ1) is 13.5. The topological polar surface area (TPSA) is 29.1 Å². The van der Waals surface area contributed by atoms with Gasteiger partial charge in [0.25, 0.3) is 0 Å². The molecule has 17 heavy (non-hydrogen) atoms. The largest absolute Gasteiger partial charge is 0.355 e. The van der Waals surface area contributed by atoms with Crippen LogP contribution in [0.1, 0.15) is 38.2 Å². The monoisotopic (exact) mass is 231 g/mol. The Hall–Kier alpha value is -1.57. The number of carbonyl (C=O) groups is 1. The lowest BCUT2D eigenvalue weighted by atomic mass is 10.0. The zero-order chi connectivity index (χ0) is 12.5. The van der Waals surface area contributed by atoms with Crippen molar-refractivity contribution in [3.63, 3.8) is 0 Å². The van der Waals surface area contributed by atoms with Crippen LogP contribution in [0, 0.1) is 0 Å². The summed E-state index contributed by atoms with van der Waals surface area (Å²) < 4.78 is 0. The molecule has 0 aliphatic carbocycles. The Morgan fingerprint density at radius 3 is 2.53 bits per heavy atom. The van der Waals surface area contributed by atoms with Gasteiger partial charge in [-0.25, -0.2) is 0 Å². The van der Waals surface area contributed by atoms with E-state index < -0.39 is 0 Å². The zero-order valence-electron chi connectivity index (χ0n) is 10.7. The number of hydrogen-bond donors (Lipinski definition) is 1. The average Bonchev–Trinajstić information content (AvgIpc) is 2.38. The molecule has 2 heteroatoms. The molecule has 0 atom stereocenters. The van der Waals surface area contributed by atoms with Crippen LogP contribution in [0.4, 0.5) is 0 Å². The molecule has 0 aliphatic heterocycles. The van der Waals surface area contributed by atoms with Crippen molar-refractivity contribution in [2.45, 2.75) is 32.6 Å². The minimum atomic E-state index is 0.0324. The van der Waals surface area contributed by atoms with Crippen molar-refractivity contribution < 1.29 is 4.79 Å². The Kier molecular flexibility index (Phi) is 6.08. The van der Waals surface area contributed by atoms with Crippen LogP contribution in [0.5, 0.6) is 0 Å². The molecule has 2 nitrogen and oxygen atoms in total. The molecule has 0 fully saturated rings. The highest BCUT2D eigenvalue weighted by Gasteiger charge is 2.06. The molecule has 0 radical (unpaired) electrons. The Balaban J connectivity index is 2.75. The molecule has 1 aromatic carbocycles. The van der Waals surface area contributed by atoms with Crippen LogP contribution in [0.15, 0.2) is 35.9 Å². The molecule has 0 aromatic heterocycles. The molecular weight excluding hydrogens is 210 g/mol. The fourth-order valence-corrected chi connectivity index (χ4v) is 1.73. The molecule has 0 heterocycles. The maximum Gasteiger partial charge on any atom is 0.246 e. The van der Waals surface area contributed by atoms with Crippen molar-refractivity contribution in [1.29, 1.82) is 0 Å². The van der Waals surface area contributed by atoms with Crippen molar-refractivity contribution >= 4 is 12.0 Å². The highest BCUT2D eigenvalue weighted by atomic mass is 16.1. The number of benzene rings is 1. The highest BCUT2D eigenvalue weighted by molar-refractivity contribution is 5.97. The Labute approximate surface area is 104 Å². The molecular formula is C15H21NO. The average molecular weight is 231 g/mol. The first-order valence-electron chi connectivity index (χ1n) is 6.25. The van der Waals surface area contributed by atoms with E-state index in [4.69, 9.17) is 0 Å². The molecule has 0 bridgehead atoms. The lowest BCUT2D eigenvalue weighted by Gasteiger charge is -2.06. The van der Waals surface area contributed by atoms with Crippen molar-refractivity contribution in [3.05, 3.63) is 41.5 Å². The van der Waals surface area contributed by atoms with Gasteiger partial charge in [-0.1, -0.05) is 50.1 Å². The van der Waals surface area contributed by atoms with E-state index in [1.54, 1.807) is 7.05 Å². The van der Waals surface area contributed by atoms with E-state index in [1.165, 1.54) is 12.8 Å². The van der Waals surface area contributed by atoms with Crippen LogP contribution in [0.2, 0.25) is 0 Å². The van der Waals surface area contributed by atoms with E-state index >= 15 is 0 Å². The summed E-state index contributed by atoms with van der Waals surface area (Å²) in [6.45, 7) is 2.17. The molecule has 0 saturated carbocycles. The standard InChI is InChI=1S/C15H21NO/c1-3-4-6-11-14(15(17)16-2)12-13-9-7-5-8-10-13/h5,7-10,12H,3-4,6,11H2,1-2H3,(H,16,17). The van der Waals surface area contributed by atoms with Crippen LogP contribution >= 0.6 is 0 Å². The van der Waals surface area contributed by atoms with E-state index in [1.807, 2.05) is 36.4 Å². The molecule has 0 unspecified atom stereocenters. The van der Waals surface area contributed by atoms with Crippen LogP contribution < -0.4 is 5.32 Å². The fraction of sp³-hybridized carbons (Fsp3) is 0.400. The molecule has 0 saturated heterocycles. The summed E-state index contributed by atoms with van der Waals surface area (Å²) in [5.74, 6) is 0.0324. The maximum atomic E-state index is 11.7. The SMILES string of the molecule is CCCCCC(=Cc1ccccc1)C(=O)NC. The van der Waals surface area contributed by atoms with Gasteiger partial charge in [-0.15, -0.1) is 0 Å². The maximum absolute atomic E-state index is 11.7. The Bertz CT molecular complexity index is 368. The van der Waals surface area contributed by atoms with Gasteiger partial charge in [0.1, 0.15) is 0 Å². The normalized spacial score (nSPS) is 11.3. The second-order valence-electron chi connectivity index (χ2n) is 4.12. The van der Waals surface area contributed by atoms with Crippen LogP contribution in [0.3, 0.4) is 0 Å². The van der Waals surface area contributed by atoms with Crippen LogP contribution in [-0.2, 0) is 4.79 Å². The number of likely N-dealkylation sites (N-methyl/N-ethyl adjacent to an activating group) is 1. The van der Waals surface area contributed by atoms with Gasteiger partial charge >= 0.3 is 0 Å². The van der Waals surface area contributed by atoms with Gasteiger partial charge in [0.15, 0.2) is 0 Å². The fourth-order valence-electron chi connectivity index (χ4n) is 1.73.